The molecule has 0 radical (unpaired) electrons. The molecule has 0 heterocycles. The van der Waals surface area contributed by atoms with E-state index in [2.05, 4.69) is 21.2 Å². The first-order chi connectivity index (χ1) is 15.9. The summed E-state index contributed by atoms with van der Waals surface area (Å²) in [5.74, 6) is 0.731. The molecule has 0 aliphatic rings. The third-order valence-electron chi connectivity index (χ3n) is 4.41. The molecule has 0 saturated carbocycles. The Bertz CT molecular complexity index is 1240. The van der Waals surface area contributed by atoms with E-state index in [4.69, 9.17) is 32.7 Å². The molecule has 0 saturated heterocycles. The molecular formula is C25H19BrCl2N2O3. The number of halogens is 3. The minimum atomic E-state index is -0.512. The first-order valence-electron chi connectivity index (χ1n) is 9.92. The van der Waals surface area contributed by atoms with Gasteiger partial charge >= 0.3 is 0 Å². The Morgan fingerprint density at radius 3 is 2.61 bits per heavy atom. The second-order valence-electron chi connectivity index (χ2n) is 6.81. The van der Waals surface area contributed by atoms with Crippen molar-refractivity contribution in [1.29, 1.82) is 5.26 Å². The van der Waals surface area contributed by atoms with E-state index in [0.717, 1.165) is 5.56 Å². The van der Waals surface area contributed by atoms with E-state index in [9.17, 15) is 10.1 Å². The quantitative estimate of drug-likeness (QED) is 0.238. The maximum atomic E-state index is 12.6. The van der Waals surface area contributed by atoms with Crippen LogP contribution in [0.1, 0.15) is 18.1 Å². The van der Waals surface area contributed by atoms with Gasteiger partial charge in [0.1, 0.15) is 29.7 Å². The van der Waals surface area contributed by atoms with Crippen LogP contribution in [0.5, 0.6) is 11.5 Å². The van der Waals surface area contributed by atoms with E-state index >= 15 is 0 Å². The second kappa shape index (κ2) is 11.8. The van der Waals surface area contributed by atoms with E-state index in [1.807, 2.05) is 19.1 Å². The minimum Gasteiger partial charge on any atom is -0.494 e. The van der Waals surface area contributed by atoms with Crippen molar-refractivity contribution in [3.05, 3.63) is 91.9 Å². The standard InChI is InChI=1S/C25H19BrCl2N2O3/c1-2-32-20-5-3-4-19(13-20)30-25(31)18(14-29)10-16-7-9-24(21(26)11-16)33-15-17-6-8-22(27)23(28)12-17/h3-13H,2,15H2,1H3,(H,30,31)/b18-10-. The number of anilines is 1. The monoisotopic (exact) mass is 544 g/mol. The van der Waals surface area contributed by atoms with Gasteiger partial charge in [0.15, 0.2) is 0 Å². The Labute approximate surface area is 210 Å². The molecule has 0 bridgehead atoms. The van der Waals surface area contributed by atoms with Crippen molar-refractivity contribution in [1.82, 2.24) is 0 Å². The highest BCUT2D eigenvalue weighted by Crippen LogP contribution is 2.29. The Hall–Kier alpha value is -2.98. The first-order valence-corrected chi connectivity index (χ1v) is 11.5. The van der Waals surface area contributed by atoms with Crippen molar-refractivity contribution < 1.29 is 14.3 Å². The van der Waals surface area contributed by atoms with Crippen molar-refractivity contribution in [2.75, 3.05) is 11.9 Å². The molecule has 0 aliphatic carbocycles. The Kier molecular flexibility index (Phi) is 8.79. The maximum Gasteiger partial charge on any atom is 0.266 e. The molecule has 1 amide bonds. The average Bonchev–Trinajstić information content (AvgIpc) is 2.79. The van der Waals surface area contributed by atoms with Crippen molar-refractivity contribution in [3.8, 4) is 17.6 Å². The van der Waals surface area contributed by atoms with Crippen molar-refractivity contribution in [3.63, 3.8) is 0 Å². The average molecular weight is 546 g/mol. The largest absolute Gasteiger partial charge is 0.494 e. The van der Waals surface area contributed by atoms with Gasteiger partial charge in [-0.3, -0.25) is 4.79 Å². The summed E-state index contributed by atoms with van der Waals surface area (Å²) in [6.45, 7) is 2.70. The van der Waals surface area contributed by atoms with Crippen LogP contribution in [0.4, 0.5) is 5.69 Å². The lowest BCUT2D eigenvalue weighted by Gasteiger charge is -2.10. The fourth-order valence-corrected chi connectivity index (χ4v) is 3.69. The van der Waals surface area contributed by atoms with Crippen LogP contribution in [0.2, 0.25) is 10.0 Å². The van der Waals surface area contributed by atoms with Gasteiger partial charge in [0.05, 0.1) is 21.1 Å². The molecule has 1 N–H and O–H groups in total. The van der Waals surface area contributed by atoms with Crippen molar-refractivity contribution in [2.45, 2.75) is 13.5 Å². The molecule has 3 aromatic rings. The topological polar surface area (TPSA) is 71.3 Å². The van der Waals surface area contributed by atoms with Crippen LogP contribution in [-0.2, 0) is 11.4 Å². The smallest absolute Gasteiger partial charge is 0.266 e. The van der Waals surface area contributed by atoms with Crippen LogP contribution >= 0.6 is 39.1 Å². The van der Waals surface area contributed by atoms with Crippen molar-refractivity contribution >= 4 is 56.8 Å². The summed E-state index contributed by atoms with van der Waals surface area (Å²) >= 11 is 15.5. The molecule has 3 aromatic carbocycles. The number of nitriles is 1. The van der Waals surface area contributed by atoms with Gasteiger partial charge in [-0.1, -0.05) is 41.4 Å². The van der Waals surface area contributed by atoms with Gasteiger partial charge in [0.25, 0.3) is 5.91 Å². The number of amides is 1. The fraction of sp³-hybridized carbons (Fsp3) is 0.120. The van der Waals surface area contributed by atoms with Gasteiger partial charge in [0.2, 0.25) is 0 Å². The lowest BCUT2D eigenvalue weighted by Crippen LogP contribution is -2.13. The zero-order valence-corrected chi connectivity index (χ0v) is 20.7. The summed E-state index contributed by atoms with van der Waals surface area (Å²) in [4.78, 5) is 12.6. The Balaban J connectivity index is 1.69. The maximum absolute atomic E-state index is 12.6. The number of hydrogen-bond acceptors (Lipinski definition) is 4. The molecule has 5 nitrogen and oxygen atoms in total. The van der Waals surface area contributed by atoms with Crippen LogP contribution in [-0.4, -0.2) is 12.5 Å². The normalized spacial score (nSPS) is 10.9. The van der Waals surface area contributed by atoms with Crippen LogP contribution in [0, 0.1) is 11.3 Å². The van der Waals surface area contributed by atoms with Gasteiger partial charge in [-0.25, -0.2) is 0 Å². The van der Waals surface area contributed by atoms with Crippen molar-refractivity contribution in [2.24, 2.45) is 0 Å². The fourth-order valence-electron chi connectivity index (χ4n) is 2.86. The first kappa shape index (κ1) is 24.7. The van der Waals surface area contributed by atoms with E-state index in [1.54, 1.807) is 54.6 Å². The summed E-state index contributed by atoms with van der Waals surface area (Å²) in [6.07, 6.45) is 1.51. The van der Waals surface area contributed by atoms with Crippen LogP contribution < -0.4 is 14.8 Å². The highest BCUT2D eigenvalue weighted by molar-refractivity contribution is 9.10. The molecule has 33 heavy (non-hydrogen) atoms. The third kappa shape index (κ3) is 7.00. The van der Waals surface area contributed by atoms with Gasteiger partial charge in [0, 0.05) is 11.8 Å². The van der Waals surface area contributed by atoms with Gasteiger partial charge in [-0.2, -0.15) is 5.26 Å². The number of hydrogen-bond donors (Lipinski definition) is 1. The van der Waals surface area contributed by atoms with E-state index in [0.29, 0.717) is 50.5 Å². The predicted molar refractivity (Wildman–Crippen MR) is 135 cm³/mol. The second-order valence-corrected chi connectivity index (χ2v) is 8.48. The molecule has 168 valence electrons. The van der Waals surface area contributed by atoms with Crippen LogP contribution in [0.15, 0.2) is 70.7 Å². The number of benzene rings is 3. The molecule has 0 aliphatic heterocycles. The molecule has 8 heteroatoms. The van der Waals surface area contributed by atoms with E-state index in [-0.39, 0.29) is 5.57 Å². The summed E-state index contributed by atoms with van der Waals surface area (Å²) in [5, 5.41) is 13.2. The summed E-state index contributed by atoms with van der Waals surface area (Å²) < 4.78 is 11.9. The Morgan fingerprint density at radius 1 is 1.09 bits per heavy atom. The van der Waals surface area contributed by atoms with Crippen LogP contribution in [0.3, 0.4) is 0 Å². The number of carbonyl (C=O) groups is 1. The molecule has 0 atom stereocenters. The molecule has 0 spiro atoms. The third-order valence-corrected chi connectivity index (χ3v) is 5.77. The number of rotatable bonds is 8. The summed E-state index contributed by atoms with van der Waals surface area (Å²) in [7, 11) is 0. The predicted octanol–water partition coefficient (Wildman–Crippen LogP) is 7.28. The molecule has 3 rings (SSSR count). The zero-order valence-electron chi connectivity index (χ0n) is 17.6. The van der Waals surface area contributed by atoms with E-state index in [1.165, 1.54) is 6.08 Å². The SMILES string of the molecule is CCOc1cccc(NC(=O)/C(C#N)=C\c2ccc(OCc3ccc(Cl)c(Cl)c3)c(Br)c2)c1. The molecule has 0 fully saturated rings. The lowest BCUT2D eigenvalue weighted by atomic mass is 10.1. The molecule has 0 unspecified atom stereocenters. The number of nitrogens with zero attached hydrogens (tertiary/aromatic N) is 1. The number of carbonyl (C=O) groups excluding carboxylic acids is 1. The highest BCUT2D eigenvalue weighted by atomic mass is 79.9. The molecule has 0 aromatic heterocycles. The minimum absolute atomic E-state index is 0.0341. The highest BCUT2D eigenvalue weighted by Gasteiger charge is 2.11. The van der Waals surface area contributed by atoms with Gasteiger partial charge in [-0.15, -0.1) is 0 Å². The van der Waals surface area contributed by atoms with Gasteiger partial charge in [-0.05, 0) is 76.5 Å². The van der Waals surface area contributed by atoms with Gasteiger partial charge < -0.3 is 14.8 Å². The molecular weight excluding hydrogens is 527 g/mol. The number of nitrogens with one attached hydrogen (secondary N) is 1. The number of ether oxygens (including phenoxy) is 2. The zero-order chi connectivity index (χ0) is 23.8. The lowest BCUT2D eigenvalue weighted by molar-refractivity contribution is -0.112. The van der Waals surface area contributed by atoms with Crippen LogP contribution in [0.25, 0.3) is 6.08 Å². The summed E-state index contributed by atoms with van der Waals surface area (Å²) in [5.41, 5.74) is 2.04. The summed E-state index contributed by atoms with van der Waals surface area (Å²) in [6, 6.07) is 19.5. The van der Waals surface area contributed by atoms with E-state index < -0.39 is 5.91 Å². The Morgan fingerprint density at radius 2 is 1.91 bits per heavy atom.